The first kappa shape index (κ1) is 38.3. The van der Waals surface area contributed by atoms with Crippen LogP contribution < -0.4 is 10.6 Å². The van der Waals surface area contributed by atoms with Crippen LogP contribution in [0.4, 0.5) is 9.59 Å². The lowest BCUT2D eigenvalue weighted by Gasteiger charge is -2.30. The maximum atomic E-state index is 13.6. The largest absolute Gasteiger partial charge is 0.453 e. The van der Waals surface area contributed by atoms with E-state index in [1.54, 1.807) is 0 Å². The van der Waals surface area contributed by atoms with Gasteiger partial charge in [-0.15, -0.1) is 0 Å². The number of rotatable bonds is 12. The van der Waals surface area contributed by atoms with E-state index in [0.717, 1.165) is 78.0 Å². The molecule has 0 aliphatic carbocycles. The third-order valence-corrected chi connectivity index (χ3v) is 10.6. The van der Waals surface area contributed by atoms with Crippen molar-refractivity contribution in [3.05, 3.63) is 71.6 Å². The number of imidazole rings is 2. The van der Waals surface area contributed by atoms with Crippen LogP contribution in [-0.4, -0.2) is 93.1 Å². The molecule has 4 heterocycles. The molecule has 4 atom stereocenters. The number of methoxy groups -OCH3 is 2. The molecule has 0 spiro atoms. The number of hydrogen-bond acceptors (Lipinski definition) is 8. The molecule has 0 radical (unpaired) electrons. The Hall–Kier alpha value is -5.40. The van der Waals surface area contributed by atoms with Gasteiger partial charge in [-0.25, -0.2) is 19.6 Å². The molecule has 2 fully saturated rings. The number of likely N-dealkylation sites (tertiary alicyclic amines) is 2. The first-order valence-electron chi connectivity index (χ1n) is 18.9. The van der Waals surface area contributed by atoms with Crippen LogP contribution in [0.5, 0.6) is 0 Å². The van der Waals surface area contributed by atoms with E-state index in [1.807, 2.05) is 49.8 Å². The van der Waals surface area contributed by atoms with Crippen LogP contribution in [0.15, 0.2) is 48.7 Å². The highest BCUT2D eigenvalue weighted by molar-refractivity contribution is 5.87. The highest BCUT2D eigenvalue weighted by atomic mass is 16.5. The zero-order valence-electron chi connectivity index (χ0n) is 32.0. The molecule has 2 aromatic heterocycles. The number of amides is 4. The standard InChI is InChI=1S/C40H52N8O6/c1-23(2)33(45-39(51)53-5)37(49)47-19-7-9-31(47)35-41-22-28(42-35)17-13-25-11-14-26(15-12-25)27-16-18-29-30(21-27)44-36(43-29)32-10-8-20-48(32)38(50)34(24(3)4)46-40(52)54-6/h11-12,14-16,18,21-24,31-34H,7-10,13,17,19-20H2,1-6H3,(H,41,42)(H,43,44)(H,45,51)(H,46,52). The Morgan fingerprint density at radius 1 is 0.759 bits per heavy atom. The maximum absolute atomic E-state index is 13.6. The van der Waals surface area contributed by atoms with E-state index in [9.17, 15) is 19.2 Å². The molecule has 288 valence electrons. The second kappa shape index (κ2) is 16.7. The summed E-state index contributed by atoms with van der Waals surface area (Å²) in [7, 11) is 2.59. The Kier molecular flexibility index (Phi) is 11.9. The lowest BCUT2D eigenvalue weighted by Crippen LogP contribution is -2.51. The Morgan fingerprint density at radius 3 is 1.87 bits per heavy atom. The Morgan fingerprint density at radius 2 is 1.31 bits per heavy atom. The van der Waals surface area contributed by atoms with Crippen LogP contribution in [0.3, 0.4) is 0 Å². The van der Waals surface area contributed by atoms with Crippen molar-refractivity contribution >= 4 is 35.0 Å². The van der Waals surface area contributed by atoms with Gasteiger partial charge in [0.25, 0.3) is 0 Å². The number of aromatic nitrogens is 4. The molecular weight excluding hydrogens is 688 g/mol. The van der Waals surface area contributed by atoms with Crippen molar-refractivity contribution in [1.29, 1.82) is 0 Å². The van der Waals surface area contributed by atoms with E-state index in [4.69, 9.17) is 14.5 Å². The molecule has 0 saturated carbocycles. The maximum Gasteiger partial charge on any atom is 0.407 e. The third kappa shape index (κ3) is 8.37. The van der Waals surface area contributed by atoms with Gasteiger partial charge in [0.15, 0.2) is 0 Å². The van der Waals surface area contributed by atoms with Crippen molar-refractivity contribution in [3.63, 3.8) is 0 Å². The van der Waals surface area contributed by atoms with Crippen molar-refractivity contribution in [2.75, 3.05) is 27.3 Å². The van der Waals surface area contributed by atoms with Gasteiger partial charge in [0.2, 0.25) is 11.8 Å². The zero-order chi connectivity index (χ0) is 38.5. The van der Waals surface area contributed by atoms with Gasteiger partial charge in [-0.1, -0.05) is 58.0 Å². The summed E-state index contributed by atoms with van der Waals surface area (Å²) in [4.78, 5) is 71.0. The van der Waals surface area contributed by atoms with Gasteiger partial charge in [-0.3, -0.25) is 9.59 Å². The number of nitrogens with zero attached hydrogens (tertiary/aromatic N) is 4. The number of carbonyl (C=O) groups is 4. The number of alkyl carbamates (subject to hydrolysis) is 2. The molecule has 2 aromatic carbocycles. The Labute approximate surface area is 315 Å². The average Bonchev–Trinajstić information content (AvgIpc) is 4.00. The molecule has 2 aliphatic rings. The number of aromatic amines is 2. The topological polar surface area (TPSA) is 175 Å². The number of hydrogen-bond donors (Lipinski definition) is 4. The molecule has 2 saturated heterocycles. The van der Waals surface area contributed by atoms with Gasteiger partial charge in [0.1, 0.15) is 23.7 Å². The van der Waals surface area contributed by atoms with E-state index in [0.29, 0.717) is 13.1 Å². The second-order valence-corrected chi connectivity index (χ2v) is 14.9. The van der Waals surface area contributed by atoms with Gasteiger partial charge in [-0.2, -0.15) is 0 Å². The number of benzene rings is 2. The van der Waals surface area contributed by atoms with E-state index in [-0.39, 0.29) is 35.7 Å². The van der Waals surface area contributed by atoms with Gasteiger partial charge in [0, 0.05) is 25.0 Å². The van der Waals surface area contributed by atoms with E-state index in [2.05, 4.69) is 62.0 Å². The average molecular weight is 741 g/mol. The predicted molar refractivity (Wildman–Crippen MR) is 203 cm³/mol. The molecule has 14 nitrogen and oxygen atoms in total. The van der Waals surface area contributed by atoms with Gasteiger partial charge in [0.05, 0.1) is 37.3 Å². The first-order chi connectivity index (χ1) is 26.0. The lowest BCUT2D eigenvalue weighted by molar-refractivity contribution is -0.136. The van der Waals surface area contributed by atoms with E-state index < -0.39 is 24.3 Å². The summed E-state index contributed by atoms with van der Waals surface area (Å²) in [6.45, 7) is 8.84. The van der Waals surface area contributed by atoms with Gasteiger partial charge in [-0.05, 0) is 79.2 Å². The number of ether oxygens (including phenoxy) is 2. The lowest BCUT2D eigenvalue weighted by atomic mass is 10.0. The summed E-state index contributed by atoms with van der Waals surface area (Å²) >= 11 is 0. The number of carbonyl (C=O) groups excluding carboxylic acids is 4. The minimum absolute atomic E-state index is 0.0906. The van der Waals surface area contributed by atoms with Crippen LogP contribution >= 0.6 is 0 Å². The number of aryl methyl sites for hydroxylation is 2. The smallest absolute Gasteiger partial charge is 0.407 e. The van der Waals surface area contributed by atoms with Crippen molar-refractivity contribution in [3.8, 4) is 11.1 Å². The third-order valence-electron chi connectivity index (χ3n) is 10.6. The molecule has 14 heteroatoms. The Balaban J connectivity index is 1.08. The molecule has 2 aliphatic heterocycles. The first-order valence-corrected chi connectivity index (χ1v) is 18.9. The predicted octanol–water partition coefficient (Wildman–Crippen LogP) is 5.83. The van der Waals surface area contributed by atoms with Gasteiger partial charge < -0.3 is 39.9 Å². The second-order valence-electron chi connectivity index (χ2n) is 14.9. The van der Waals surface area contributed by atoms with Crippen LogP contribution in [0, 0.1) is 11.8 Å². The summed E-state index contributed by atoms with van der Waals surface area (Å²) in [5, 5.41) is 5.40. The fourth-order valence-electron chi connectivity index (χ4n) is 7.57. The van der Waals surface area contributed by atoms with Crippen molar-refractivity contribution in [1.82, 2.24) is 40.4 Å². The van der Waals surface area contributed by atoms with Crippen molar-refractivity contribution in [2.45, 2.75) is 90.4 Å². The normalized spacial score (nSPS) is 18.3. The quantitative estimate of drug-likeness (QED) is 0.140. The number of fused-ring (bicyclic) bond motifs is 1. The zero-order valence-corrected chi connectivity index (χ0v) is 32.0. The van der Waals surface area contributed by atoms with Crippen LogP contribution in [-0.2, 0) is 31.9 Å². The molecule has 4 aromatic rings. The van der Waals surface area contributed by atoms with Crippen LogP contribution in [0.25, 0.3) is 22.2 Å². The highest BCUT2D eigenvalue weighted by Gasteiger charge is 2.39. The molecule has 0 bridgehead atoms. The molecule has 4 unspecified atom stereocenters. The molecule has 4 N–H and O–H groups in total. The summed E-state index contributed by atoms with van der Waals surface area (Å²) in [5.41, 5.74) is 6.07. The van der Waals surface area contributed by atoms with Crippen LogP contribution in [0.2, 0.25) is 0 Å². The summed E-state index contributed by atoms with van der Waals surface area (Å²) in [5.74, 6) is 1.06. The Bertz CT molecular complexity index is 1950. The van der Waals surface area contributed by atoms with Crippen LogP contribution in [0.1, 0.15) is 88.4 Å². The summed E-state index contributed by atoms with van der Waals surface area (Å²) in [6, 6.07) is 13.0. The molecule has 6 rings (SSSR count). The summed E-state index contributed by atoms with van der Waals surface area (Å²) in [6.07, 6.45) is 5.52. The highest BCUT2D eigenvalue weighted by Crippen LogP contribution is 2.34. The molecule has 54 heavy (non-hydrogen) atoms. The van der Waals surface area contributed by atoms with Gasteiger partial charge >= 0.3 is 12.2 Å². The minimum Gasteiger partial charge on any atom is -0.453 e. The monoisotopic (exact) mass is 740 g/mol. The summed E-state index contributed by atoms with van der Waals surface area (Å²) < 4.78 is 9.51. The molecular formula is C40H52N8O6. The number of H-pyrrole nitrogens is 2. The van der Waals surface area contributed by atoms with Crippen molar-refractivity contribution in [2.24, 2.45) is 11.8 Å². The number of nitrogens with one attached hydrogen (secondary N) is 4. The fourth-order valence-corrected chi connectivity index (χ4v) is 7.57. The van der Waals surface area contributed by atoms with E-state index >= 15 is 0 Å². The minimum atomic E-state index is -0.684. The molecule has 4 amide bonds. The SMILES string of the molecule is COC(=O)NC(C(=O)N1CCCC1c1ncc(CCc2ccc(-c3ccc4nc(C5CCCN5C(=O)C(NC(=O)OC)C(C)C)[nH]c4c3)cc2)[nH]1)C(C)C. The van der Waals surface area contributed by atoms with E-state index in [1.165, 1.54) is 19.8 Å². The fraction of sp³-hybridized carbons (Fsp3) is 0.500. The van der Waals surface area contributed by atoms with Crippen molar-refractivity contribution < 1.29 is 28.7 Å².